The molecule has 3 amide bonds. The van der Waals surface area contributed by atoms with E-state index in [1.54, 1.807) is 6.07 Å². The summed E-state index contributed by atoms with van der Waals surface area (Å²) < 4.78 is 10.4. The van der Waals surface area contributed by atoms with Crippen molar-refractivity contribution in [1.29, 1.82) is 0 Å². The van der Waals surface area contributed by atoms with Crippen molar-refractivity contribution in [3.8, 4) is 0 Å². The van der Waals surface area contributed by atoms with Gasteiger partial charge in [0.05, 0.1) is 6.04 Å². The van der Waals surface area contributed by atoms with Gasteiger partial charge in [0.1, 0.15) is 17.8 Å². The lowest BCUT2D eigenvalue weighted by Crippen LogP contribution is -2.57. The molecule has 1 saturated carbocycles. The predicted molar refractivity (Wildman–Crippen MR) is 154 cm³/mol. The van der Waals surface area contributed by atoms with Crippen LogP contribution in [0.25, 0.3) is 0 Å². The van der Waals surface area contributed by atoms with Crippen LogP contribution in [0.1, 0.15) is 88.0 Å². The number of ether oxygens (including phenoxy) is 1. The number of nitrogens with one attached hydrogen (secondary N) is 3. The van der Waals surface area contributed by atoms with E-state index >= 15 is 0 Å². The fourth-order valence-corrected chi connectivity index (χ4v) is 4.57. The molecular formula is C31H44N4O6. The first-order valence-corrected chi connectivity index (χ1v) is 14.4. The number of rotatable bonds is 16. The van der Waals surface area contributed by atoms with E-state index in [1.807, 2.05) is 65.0 Å². The summed E-state index contributed by atoms with van der Waals surface area (Å²) in [5, 5.41) is 12.3. The molecule has 0 saturated heterocycles. The number of nitrogens with zero attached hydrogens (tertiary/aromatic N) is 1. The normalized spacial score (nSPS) is 16.1. The number of hydrogen-bond acceptors (Lipinski definition) is 7. The SMILES string of the molecule is COCC[C@H](NC(=O)c1cc(C(C)C)on1)C(=O)N[C@@H](Cc1ccccc1)C(=O)N[C@@H](CC(C)C)C(=O)C1(C)CC1. The highest BCUT2D eigenvalue weighted by molar-refractivity contribution is 5.98. The first-order chi connectivity index (χ1) is 19.4. The van der Waals surface area contributed by atoms with Gasteiger partial charge in [-0.2, -0.15) is 0 Å². The highest BCUT2D eigenvalue weighted by atomic mass is 16.5. The van der Waals surface area contributed by atoms with Crippen LogP contribution in [-0.2, 0) is 25.5 Å². The third-order valence-electron chi connectivity index (χ3n) is 7.41. The van der Waals surface area contributed by atoms with Gasteiger partial charge in [0.2, 0.25) is 11.8 Å². The molecule has 1 fully saturated rings. The molecule has 1 aromatic carbocycles. The Morgan fingerprint density at radius 3 is 2.15 bits per heavy atom. The molecule has 3 rings (SSSR count). The molecule has 0 radical (unpaired) electrons. The molecule has 1 aromatic heterocycles. The van der Waals surface area contributed by atoms with Gasteiger partial charge >= 0.3 is 0 Å². The van der Waals surface area contributed by atoms with E-state index in [4.69, 9.17) is 9.26 Å². The number of hydrogen-bond donors (Lipinski definition) is 3. The molecule has 0 bridgehead atoms. The summed E-state index contributed by atoms with van der Waals surface area (Å²) in [6.45, 7) is 9.98. The van der Waals surface area contributed by atoms with Crippen LogP contribution in [0.4, 0.5) is 0 Å². The van der Waals surface area contributed by atoms with E-state index in [0.717, 1.165) is 18.4 Å². The van der Waals surface area contributed by atoms with Gasteiger partial charge in [-0.3, -0.25) is 19.2 Å². The Labute approximate surface area is 242 Å². The lowest BCUT2D eigenvalue weighted by molar-refractivity contribution is -0.133. The molecule has 1 aliphatic carbocycles. The molecular weight excluding hydrogens is 524 g/mol. The average Bonchev–Trinajstić information content (AvgIpc) is 3.48. The Balaban J connectivity index is 1.79. The van der Waals surface area contributed by atoms with Crippen molar-refractivity contribution in [1.82, 2.24) is 21.1 Å². The Hall–Kier alpha value is -3.53. The quantitative estimate of drug-likeness (QED) is 0.281. The lowest BCUT2D eigenvalue weighted by atomic mass is 9.91. The number of carbonyl (C=O) groups is 4. The Morgan fingerprint density at radius 1 is 0.951 bits per heavy atom. The first kappa shape index (κ1) is 32.0. The van der Waals surface area contributed by atoms with E-state index in [9.17, 15) is 19.2 Å². The van der Waals surface area contributed by atoms with Crippen LogP contribution in [0.2, 0.25) is 0 Å². The summed E-state index contributed by atoms with van der Waals surface area (Å²) in [5.74, 6) is -0.736. The lowest BCUT2D eigenvalue weighted by Gasteiger charge is -2.27. The Morgan fingerprint density at radius 2 is 1.59 bits per heavy atom. The molecule has 0 spiro atoms. The van der Waals surface area contributed by atoms with Gasteiger partial charge in [-0.1, -0.05) is 70.1 Å². The molecule has 10 heteroatoms. The van der Waals surface area contributed by atoms with Crippen LogP contribution < -0.4 is 16.0 Å². The molecule has 224 valence electrons. The maximum absolute atomic E-state index is 13.7. The zero-order chi connectivity index (χ0) is 30.2. The molecule has 41 heavy (non-hydrogen) atoms. The minimum Gasteiger partial charge on any atom is -0.385 e. The molecule has 0 aliphatic heterocycles. The van der Waals surface area contributed by atoms with Crippen LogP contribution in [0.5, 0.6) is 0 Å². The second-order valence-corrected chi connectivity index (χ2v) is 11.9. The number of benzene rings is 1. The van der Waals surface area contributed by atoms with Crippen molar-refractivity contribution in [2.45, 2.75) is 90.8 Å². The summed E-state index contributed by atoms with van der Waals surface area (Å²) in [4.78, 5) is 53.4. The minimum absolute atomic E-state index is 0.0305. The number of amides is 3. The molecule has 3 N–H and O–H groups in total. The van der Waals surface area contributed by atoms with E-state index < -0.39 is 41.3 Å². The predicted octanol–water partition coefficient (Wildman–Crippen LogP) is 3.56. The number of methoxy groups -OCH3 is 1. The van der Waals surface area contributed by atoms with Crippen molar-refractivity contribution < 1.29 is 28.4 Å². The Bertz CT molecular complexity index is 1190. The first-order valence-electron chi connectivity index (χ1n) is 14.4. The van der Waals surface area contributed by atoms with Gasteiger partial charge < -0.3 is 25.2 Å². The largest absolute Gasteiger partial charge is 0.385 e. The molecule has 1 heterocycles. The smallest absolute Gasteiger partial charge is 0.274 e. The summed E-state index contributed by atoms with van der Waals surface area (Å²) in [6.07, 6.45) is 2.52. The zero-order valence-corrected chi connectivity index (χ0v) is 25.0. The summed E-state index contributed by atoms with van der Waals surface area (Å²) >= 11 is 0. The minimum atomic E-state index is -0.994. The van der Waals surface area contributed by atoms with E-state index in [-0.39, 0.29) is 42.8 Å². The Kier molecular flexibility index (Phi) is 11.2. The summed E-state index contributed by atoms with van der Waals surface area (Å²) in [6, 6.07) is 8.26. The van der Waals surface area contributed by atoms with Crippen molar-refractivity contribution in [3.63, 3.8) is 0 Å². The maximum Gasteiger partial charge on any atom is 0.274 e. The van der Waals surface area contributed by atoms with Crippen molar-refractivity contribution in [2.75, 3.05) is 13.7 Å². The van der Waals surface area contributed by atoms with Crippen LogP contribution in [-0.4, -0.2) is 60.5 Å². The van der Waals surface area contributed by atoms with Crippen molar-refractivity contribution in [3.05, 3.63) is 53.4 Å². The van der Waals surface area contributed by atoms with Gasteiger partial charge in [-0.15, -0.1) is 0 Å². The van der Waals surface area contributed by atoms with Crippen molar-refractivity contribution in [2.24, 2.45) is 11.3 Å². The molecule has 2 aromatic rings. The van der Waals surface area contributed by atoms with Gasteiger partial charge in [0, 0.05) is 37.5 Å². The van der Waals surface area contributed by atoms with Crippen LogP contribution in [0.15, 0.2) is 40.9 Å². The van der Waals surface area contributed by atoms with Crippen LogP contribution in [0, 0.1) is 11.3 Å². The van der Waals surface area contributed by atoms with Gasteiger partial charge in [-0.05, 0) is 37.2 Å². The highest BCUT2D eigenvalue weighted by Gasteiger charge is 2.48. The second kappa shape index (κ2) is 14.4. The second-order valence-electron chi connectivity index (χ2n) is 11.9. The molecule has 3 atom stereocenters. The topological polar surface area (TPSA) is 140 Å². The fraction of sp³-hybridized carbons (Fsp3) is 0.581. The standard InChI is InChI=1S/C31H44N4O6/c1-19(2)16-23(27(36)31(5)13-14-31)33-29(38)24(17-21-10-8-7-9-11-21)34-28(37)22(12-15-40-6)32-30(39)25-18-26(20(3)4)41-35-25/h7-11,18-20,22-24H,12-17H2,1-6H3,(H,32,39)(H,33,38)(H,34,37)/t22-,23-,24-/m0/s1. The number of carbonyl (C=O) groups excluding carboxylic acids is 4. The summed E-state index contributed by atoms with van der Waals surface area (Å²) in [5.41, 5.74) is 0.498. The molecule has 0 unspecified atom stereocenters. The number of ketones is 1. The molecule has 10 nitrogen and oxygen atoms in total. The van der Waals surface area contributed by atoms with E-state index in [2.05, 4.69) is 21.1 Å². The van der Waals surface area contributed by atoms with Gasteiger partial charge in [-0.25, -0.2) is 0 Å². The third kappa shape index (κ3) is 9.24. The molecule has 1 aliphatic rings. The number of Topliss-reactive ketones (excluding diaryl/α,β-unsaturated/α-hetero) is 1. The monoisotopic (exact) mass is 568 g/mol. The van der Waals surface area contributed by atoms with Gasteiger partial charge in [0.25, 0.3) is 5.91 Å². The zero-order valence-electron chi connectivity index (χ0n) is 25.0. The fourth-order valence-electron chi connectivity index (χ4n) is 4.57. The van der Waals surface area contributed by atoms with Crippen molar-refractivity contribution >= 4 is 23.5 Å². The maximum atomic E-state index is 13.7. The third-order valence-corrected chi connectivity index (χ3v) is 7.41. The number of aromatic nitrogens is 1. The average molecular weight is 569 g/mol. The van der Waals surface area contributed by atoms with Gasteiger partial charge in [0.15, 0.2) is 11.5 Å². The van der Waals surface area contributed by atoms with Crippen LogP contribution >= 0.6 is 0 Å². The van der Waals surface area contributed by atoms with E-state index in [1.165, 1.54) is 7.11 Å². The summed E-state index contributed by atoms with van der Waals surface area (Å²) in [7, 11) is 1.50. The highest BCUT2D eigenvalue weighted by Crippen LogP contribution is 2.47. The van der Waals surface area contributed by atoms with E-state index in [0.29, 0.717) is 12.2 Å². The van der Waals surface area contributed by atoms with Crippen LogP contribution in [0.3, 0.4) is 0 Å².